The average molecular weight is 461 g/mol. The van der Waals surface area contributed by atoms with Crippen molar-refractivity contribution in [3.8, 4) is 29.0 Å². The summed E-state index contributed by atoms with van der Waals surface area (Å²) in [5.41, 5.74) is 7.25. The van der Waals surface area contributed by atoms with Crippen LogP contribution in [0.15, 0.2) is 48.7 Å². The molecule has 1 fully saturated rings. The zero-order valence-electron chi connectivity index (χ0n) is 19.6. The van der Waals surface area contributed by atoms with Crippen LogP contribution in [0.5, 0.6) is 11.6 Å². The summed E-state index contributed by atoms with van der Waals surface area (Å²) in [5.74, 6) is 1.44. The topological polar surface area (TPSA) is 119 Å². The van der Waals surface area contributed by atoms with Crippen LogP contribution in [-0.2, 0) is 4.74 Å². The molecular formula is C25H28N6O3. The Hall–Kier alpha value is -4.06. The molecule has 176 valence electrons. The van der Waals surface area contributed by atoms with E-state index in [0.29, 0.717) is 60.2 Å². The maximum absolute atomic E-state index is 12.4. The van der Waals surface area contributed by atoms with Gasteiger partial charge < -0.3 is 20.1 Å². The predicted molar refractivity (Wildman–Crippen MR) is 127 cm³/mol. The largest absolute Gasteiger partial charge is 0.444 e. The Balaban J connectivity index is 1.49. The lowest BCUT2D eigenvalue weighted by atomic mass is 10.1. The van der Waals surface area contributed by atoms with Gasteiger partial charge in [-0.3, -0.25) is 0 Å². The van der Waals surface area contributed by atoms with Crippen molar-refractivity contribution in [3.05, 3.63) is 54.2 Å². The van der Waals surface area contributed by atoms with Gasteiger partial charge in [0.15, 0.2) is 0 Å². The fourth-order valence-electron chi connectivity index (χ4n) is 3.85. The fraction of sp³-hybridized carbons (Fsp3) is 0.360. The van der Waals surface area contributed by atoms with Crippen LogP contribution >= 0.6 is 0 Å². The molecular weight excluding hydrogens is 432 g/mol. The summed E-state index contributed by atoms with van der Waals surface area (Å²) in [4.78, 5) is 18.4. The number of piperidine rings is 1. The molecule has 1 aliphatic rings. The van der Waals surface area contributed by atoms with Crippen LogP contribution in [0.25, 0.3) is 11.3 Å². The molecule has 0 bridgehead atoms. The maximum atomic E-state index is 12.4. The molecule has 0 atom stereocenters. The number of carbonyl (C=O) groups excluding carboxylic acids is 1. The number of nitrogens with two attached hydrogens (primary N) is 1. The second-order valence-electron chi connectivity index (χ2n) is 9.16. The molecule has 1 amide bonds. The van der Waals surface area contributed by atoms with Gasteiger partial charge in [0.25, 0.3) is 0 Å². The molecule has 2 N–H and O–H groups in total. The Labute approximate surface area is 198 Å². The highest BCUT2D eigenvalue weighted by molar-refractivity contribution is 5.72. The number of ether oxygens (including phenoxy) is 2. The Morgan fingerprint density at radius 3 is 2.44 bits per heavy atom. The molecule has 34 heavy (non-hydrogen) atoms. The second-order valence-corrected chi connectivity index (χ2v) is 9.16. The van der Waals surface area contributed by atoms with Crippen LogP contribution in [0, 0.1) is 11.3 Å². The average Bonchev–Trinajstić information content (AvgIpc) is 3.15. The maximum Gasteiger partial charge on any atom is 0.410 e. The molecule has 4 rings (SSSR count). The van der Waals surface area contributed by atoms with E-state index >= 15 is 0 Å². The molecule has 9 heteroatoms. The number of carbonyl (C=O) groups is 1. The number of nitrogen functional groups attached to an aromatic ring is 1. The summed E-state index contributed by atoms with van der Waals surface area (Å²) < 4.78 is 12.9. The number of likely N-dealkylation sites (tertiary alicyclic amines) is 1. The van der Waals surface area contributed by atoms with Crippen molar-refractivity contribution in [2.75, 3.05) is 18.8 Å². The number of pyridine rings is 1. The van der Waals surface area contributed by atoms with Gasteiger partial charge in [-0.05, 0) is 51.8 Å². The third kappa shape index (κ3) is 5.12. The highest BCUT2D eigenvalue weighted by Gasteiger charge is 2.30. The summed E-state index contributed by atoms with van der Waals surface area (Å²) in [5, 5.41) is 14.4. The van der Waals surface area contributed by atoms with Gasteiger partial charge in [0.1, 0.15) is 34.5 Å². The Morgan fingerprint density at radius 2 is 1.85 bits per heavy atom. The number of anilines is 1. The van der Waals surface area contributed by atoms with Gasteiger partial charge >= 0.3 is 6.09 Å². The first-order valence-corrected chi connectivity index (χ1v) is 11.2. The van der Waals surface area contributed by atoms with Crippen molar-refractivity contribution < 1.29 is 14.3 Å². The van der Waals surface area contributed by atoms with Gasteiger partial charge in [0.05, 0.1) is 6.04 Å². The molecule has 2 aromatic heterocycles. The first-order chi connectivity index (χ1) is 16.2. The zero-order chi connectivity index (χ0) is 24.3. The summed E-state index contributed by atoms with van der Waals surface area (Å²) in [6.07, 6.45) is 2.63. The van der Waals surface area contributed by atoms with Crippen molar-refractivity contribution in [2.45, 2.75) is 45.3 Å². The van der Waals surface area contributed by atoms with Gasteiger partial charge in [0.2, 0.25) is 5.88 Å². The molecule has 0 radical (unpaired) electrons. The van der Waals surface area contributed by atoms with Crippen molar-refractivity contribution in [1.29, 1.82) is 5.26 Å². The molecule has 0 aliphatic carbocycles. The Bertz CT molecular complexity index is 1180. The van der Waals surface area contributed by atoms with Crippen LogP contribution in [0.2, 0.25) is 0 Å². The lowest BCUT2D eigenvalue weighted by Crippen LogP contribution is -2.42. The standard InChI is InChI=1S/C25H28N6O3/c1-25(2,3)34-24(32)30-13-11-18(12-14-30)31-23(27)20(15-26)22(29-31)17-9-10-21(28-16-17)33-19-7-5-4-6-8-19/h4-10,16,18H,11-14,27H2,1-3H3. The molecule has 0 unspecified atom stereocenters. The summed E-state index contributed by atoms with van der Waals surface area (Å²) in [6.45, 7) is 6.61. The van der Waals surface area contributed by atoms with Crippen LogP contribution in [0.4, 0.5) is 10.6 Å². The molecule has 0 saturated carbocycles. The van der Waals surface area contributed by atoms with E-state index in [9.17, 15) is 10.1 Å². The molecule has 1 aliphatic heterocycles. The Kier molecular flexibility index (Phi) is 6.41. The molecule has 1 aromatic carbocycles. The summed E-state index contributed by atoms with van der Waals surface area (Å²) in [6, 6.07) is 15.1. The molecule has 1 saturated heterocycles. The number of aromatic nitrogens is 3. The van der Waals surface area contributed by atoms with E-state index in [2.05, 4.69) is 16.2 Å². The monoisotopic (exact) mass is 460 g/mol. The lowest BCUT2D eigenvalue weighted by molar-refractivity contribution is 0.0185. The number of amides is 1. The SMILES string of the molecule is CC(C)(C)OC(=O)N1CCC(n2nc(-c3ccc(Oc4ccccc4)nc3)c(C#N)c2N)CC1. The summed E-state index contributed by atoms with van der Waals surface area (Å²) >= 11 is 0. The van der Waals surface area contributed by atoms with E-state index in [1.807, 2.05) is 57.2 Å². The normalized spacial score (nSPS) is 14.5. The molecule has 3 heterocycles. The number of benzene rings is 1. The molecule has 9 nitrogen and oxygen atoms in total. The predicted octanol–water partition coefficient (Wildman–Crippen LogP) is 4.76. The number of rotatable bonds is 4. The van der Waals surface area contributed by atoms with Crippen molar-refractivity contribution in [2.24, 2.45) is 0 Å². The van der Waals surface area contributed by atoms with Gasteiger partial charge in [0, 0.05) is 30.9 Å². The van der Waals surface area contributed by atoms with E-state index < -0.39 is 5.60 Å². The second kappa shape index (κ2) is 9.43. The van der Waals surface area contributed by atoms with Crippen molar-refractivity contribution in [1.82, 2.24) is 19.7 Å². The zero-order valence-corrected chi connectivity index (χ0v) is 19.6. The number of nitrogens with zero attached hydrogens (tertiary/aromatic N) is 5. The van der Waals surface area contributed by atoms with Gasteiger partial charge in [-0.1, -0.05) is 18.2 Å². The van der Waals surface area contributed by atoms with E-state index in [4.69, 9.17) is 15.2 Å². The van der Waals surface area contributed by atoms with E-state index in [0.717, 1.165) is 0 Å². The van der Waals surface area contributed by atoms with Crippen LogP contribution in [0.1, 0.15) is 45.2 Å². The Morgan fingerprint density at radius 1 is 1.15 bits per heavy atom. The number of hydrogen-bond acceptors (Lipinski definition) is 7. The first kappa shape index (κ1) is 23.1. The van der Waals surface area contributed by atoms with Gasteiger partial charge in [-0.2, -0.15) is 10.4 Å². The number of para-hydroxylation sites is 1. The van der Waals surface area contributed by atoms with Crippen molar-refractivity contribution >= 4 is 11.9 Å². The minimum Gasteiger partial charge on any atom is -0.444 e. The van der Waals surface area contributed by atoms with Crippen LogP contribution in [-0.4, -0.2) is 44.4 Å². The first-order valence-electron chi connectivity index (χ1n) is 11.2. The third-order valence-electron chi connectivity index (χ3n) is 5.50. The third-order valence-corrected chi connectivity index (χ3v) is 5.50. The van der Waals surface area contributed by atoms with E-state index in [-0.39, 0.29) is 12.1 Å². The quantitative estimate of drug-likeness (QED) is 0.596. The molecule has 3 aromatic rings. The minimum absolute atomic E-state index is 0.0202. The fourth-order valence-corrected chi connectivity index (χ4v) is 3.85. The van der Waals surface area contributed by atoms with Gasteiger partial charge in [-0.25, -0.2) is 14.5 Å². The van der Waals surface area contributed by atoms with Crippen LogP contribution in [0.3, 0.4) is 0 Å². The lowest BCUT2D eigenvalue weighted by Gasteiger charge is -2.33. The van der Waals surface area contributed by atoms with Gasteiger partial charge in [-0.15, -0.1) is 0 Å². The van der Waals surface area contributed by atoms with E-state index in [1.165, 1.54) is 0 Å². The van der Waals surface area contributed by atoms with Crippen molar-refractivity contribution in [3.63, 3.8) is 0 Å². The summed E-state index contributed by atoms with van der Waals surface area (Å²) in [7, 11) is 0. The highest BCUT2D eigenvalue weighted by Crippen LogP contribution is 2.33. The smallest absolute Gasteiger partial charge is 0.410 e. The minimum atomic E-state index is -0.535. The van der Waals surface area contributed by atoms with Crippen LogP contribution < -0.4 is 10.5 Å². The number of hydrogen-bond donors (Lipinski definition) is 1. The number of nitriles is 1. The highest BCUT2D eigenvalue weighted by atomic mass is 16.6. The van der Waals surface area contributed by atoms with E-state index in [1.54, 1.807) is 21.8 Å². The molecule has 0 spiro atoms.